The molecule has 4 aromatic rings. The van der Waals surface area contributed by atoms with Gasteiger partial charge in [-0.1, -0.05) is 103 Å². The third-order valence-corrected chi connectivity index (χ3v) is 9.20. The number of methoxy groups -OCH3 is 1. The van der Waals surface area contributed by atoms with E-state index in [1.54, 1.807) is 0 Å². The molecule has 2 saturated heterocycles. The molecule has 0 radical (unpaired) electrons. The predicted molar refractivity (Wildman–Crippen MR) is 189 cm³/mol. The molecule has 10 heteroatoms. The van der Waals surface area contributed by atoms with E-state index in [0.29, 0.717) is 6.42 Å². The summed E-state index contributed by atoms with van der Waals surface area (Å²) in [6.45, 7) is 4.27. The average molecular weight is 680 g/mol. The van der Waals surface area contributed by atoms with Gasteiger partial charge in [-0.25, -0.2) is 9.59 Å². The topological polar surface area (TPSA) is 119 Å². The number of hydrogen-bond acceptors (Lipinski definition) is 8. The lowest BCUT2D eigenvalue weighted by atomic mass is 9.97. The molecule has 0 saturated carbocycles. The van der Waals surface area contributed by atoms with Crippen LogP contribution in [0.3, 0.4) is 0 Å². The molecular formula is C40H45N3O7. The largest absolute Gasteiger partial charge is 0.467 e. The minimum absolute atomic E-state index is 0.000545. The zero-order valence-electron chi connectivity index (χ0n) is 28.3. The zero-order valence-corrected chi connectivity index (χ0v) is 28.3. The van der Waals surface area contributed by atoms with Crippen LogP contribution in [0.25, 0.3) is 11.1 Å². The summed E-state index contributed by atoms with van der Waals surface area (Å²) in [5.74, 6) is -0.506. The first-order chi connectivity index (χ1) is 24.5. The number of morpholine rings is 1. The van der Waals surface area contributed by atoms with Crippen molar-refractivity contribution in [2.75, 3.05) is 40.0 Å². The van der Waals surface area contributed by atoms with Gasteiger partial charge < -0.3 is 34.7 Å². The number of nitrogens with one attached hydrogen (secondary N) is 2. The molecule has 2 fully saturated rings. The number of amides is 2. The summed E-state index contributed by atoms with van der Waals surface area (Å²) < 4.78 is 23.6. The molecule has 4 aromatic carbocycles. The highest BCUT2D eigenvalue weighted by Gasteiger charge is 2.33. The normalized spacial score (nSPS) is 20.1. The Morgan fingerprint density at radius 1 is 0.860 bits per heavy atom. The molecule has 2 heterocycles. The highest BCUT2D eigenvalue weighted by Crippen LogP contribution is 2.39. The molecule has 6 rings (SSSR count). The first kappa shape index (κ1) is 35.3. The molecule has 2 amide bonds. The zero-order chi connectivity index (χ0) is 34.7. The summed E-state index contributed by atoms with van der Waals surface area (Å²) in [7, 11) is 1.31. The Bertz CT molecular complexity index is 1680. The first-order valence-electron chi connectivity index (χ1n) is 17.1. The molecular weight excluding hydrogens is 634 g/mol. The molecule has 2 aliphatic rings. The van der Waals surface area contributed by atoms with Crippen LogP contribution >= 0.6 is 0 Å². The Kier molecular flexibility index (Phi) is 12.3. The van der Waals surface area contributed by atoms with Crippen LogP contribution in [0.2, 0.25) is 0 Å². The van der Waals surface area contributed by atoms with Crippen LogP contribution < -0.4 is 10.6 Å². The molecule has 0 bridgehead atoms. The van der Waals surface area contributed by atoms with E-state index in [2.05, 4.69) is 15.5 Å². The maximum absolute atomic E-state index is 12.9. The van der Waals surface area contributed by atoms with Crippen LogP contribution in [0.1, 0.15) is 46.6 Å². The predicted octanol–water partition coefficient (Wildman–Crippen LogP) is 5.31. The lowest BCUT2D eigenvalue weighted by Gasteiger charge is -2.39. The SMILES string of the molecule is COC(=O)C(Cc1ccccc1)NC(=O)NCc1ccccc1-c1ccc(C2OC(CN3CCOCC3)CC(c3ccc(CO)cc3)O2)cc1. The molecule has 262 valence electrons. The summed E-state index contributed by atoms with van der Waals surface area (Å²) >= 11 is 0. The van der Waals surface area contributed by atoms with Gasteiger partial charge in [0.05, 0.1) is 39.1 Å². The van der Waals surface area contributed by atoms with Crippen LogP contribution in [-0.4, -0.2) is 74.1 Å². The summed E-state index contributed by atoms with van der Waals surface area (Å²) in [6.07, 6.45) is 0.314. The number of aliphatic hydroxyl groups is 1. The Morgan fingerprint density at radius 3 is 2.28 bits per heavy atom. The summed E-state index contributed by atoms with van der Waals surface area (Å²) in [6, 6.07) is 32.2. The highest BCUT2D eigenvalue weighted by molar-refractivity contribution is 5.84. The number of benzene rings is 4. The lowest BCUT2D eigenvalue weighted by Crippen LogP contribution is -2.47. The Labute approximate surface area is 293 Å². The minimum atomic E-state index is -0.817. The third kappa shape index (κ3) is 9.35. The minimum Gasteiger partial charge on any atom is -0.467 e. The summed E-state index contributed by atoms with van der Waals surface area (Å²) in [5, 5.41) is 15.2. The summed E-state index contributed by atoms with van der Waals surface area (Å²) in [4.78, 5) is 27.8. The molecule has 10 nitrogen and oxygen atoms in total. The van der Waals surface area contributed by atoms with Gasteiger partial charge in [-0.2, -0.15) is 0 Å². The van der Waals surface area contributed by atoms with Gasteiger partial charge >= 0.3 is 12.0 Å². The fourth-order valence-electron chi connectivity index (χ4n) is 6.45. The van der Waals surface area contributed by atoms with Crippen LogP contribution in [0.15, 0.2) is 103 Å². The van der Waals surface area contributed by atoms with E-state index in [-0.39, 0.29) is 25.4 Å². The number of aliphatic hydroxyl groups excluding tert-OH is 1. The number of carbonyl (C=O) groups is 2. The number of hydrogen-bond donors (Lipinski definition) is 3. The first-order valence-corrected chi connectivity index (χ1v) is 17.1. The van der Waals surface area contributed by atoms with E-state index < -0.39 is 24.3 Å². The van der Waals surface area contributed by atoms with Crippen molar-refractivity contribution in [1.29, 1.82) is 0 Å². The fourth-order valence-corrected chi connectivity index (χ4v) is 6.45. The lowest BCUT2D eigenvalue weighted by molar-refractivity contribution is -0.253. The second-order valence-corrected chi connectivity index (χ2v) is 12.6. The third-order valence-electron chi connectivity index (χ3n) is 9.20. The Hall–Kier alpha value is -4.58. The Balaban J connectivity index is 1.13. The van der Waals surface area contributed by atoms with Gasteiger partial charge in [0.15, 0.2) is 6.29 Å². The van der Waals surface area contributed by atoms with E-state index in [9.17, 15) is 14.7 Å². The van der Waals surface area contributed by atoms with Crippen molar-refractivity contribution in [2.24, 2.45) is 0 Å². The number of urea groups is 1. The van der Waals surface area contributed by atoms with Gasteiger partial charge in [0.25, 0.3) is 0 Å². The van der Waals surface area contributed by atoms with Crippen molar-refractivity contribution in [2.45, 2.75) is 50.5 Å². The number of rotatable bonds is 12. The van der Waals surface area contributed by atoms with Gasteiger partial charge in [0, 0.05) is 44.6 Å². The van der Waals surface area contributed by atoms with E-state index in [0.717, 1.165) is 78.2 Å². The van der Waals surface area contributed by atoms with Crippen LogP contribution in [0.5, 0.6) is 0 Å². The number of carbonyl (C=O) groups excluding carboxylic acids is 2. The van der Waals surface area contributed by atoms with Crippen molar-refractivity contribution in [3.05, 3.63) is 131 Å². The smallest absolute Gasteiger partial charge is 0.328 e. The quantitative estimate of drug-likeness (QED) is 0.173. The monoisotopic (exact) mass is 679 g/mol. The average Bonchev–Trinajstić information content (AvgIpc) is 3.17. The molecule has 4 atom stereocenters. The molecule has 50 heavy (non-hydrogen) atoms. The number of nitrogens with zero attached hydrogens (tertiary/aromatic N) is 1. The van der Waals surface area contributed by atoms with E-state index >= 15 is 0 Å². The van der Waals surface area contributed by atoms with Crippen molar-refractivity contribution in [3.8, 4) is 11.1 Å². The molecule has 4 unspecified atom stereocenters. The van der Waals surface area contributed by atoms with Crippen molar-refractivity contribution >= 4 is 12.0 Å². The molecule has 0 aliphatic carbocycles. The standard InChI is InChI=1S/C40H45N3O7/c1-47-38(45)36(23-28-7-3-2-4-8-28)42-40(46)41-25-33-9-5-6-10-35(33)30-15-17-32(18-16-30)39-49-34(26-43-19-21-48-22-20-43)24-37(50-39)31-13-11-29(27-44)12-14-31/h2-18,34,36-37,39,44H,19-27H2,1H3,(H2,41,42,46). The van der Waals surface area contributed by atoms with Crippen LogP contribution in [-0.2, 0) is 43.3 Å². The van der Waals surface area contributed by atoms with Gasteiger partial charge in [-0.3, -0.25) is 4.90 Å². The maximum atomic E-state index is 12.9. The van der Waals surface area contributed by atoms with E-state index in [4.69, 9.17) is 18.9 Å². The van der Waals surface area contributed by atoms with Crippen molar-refractivity contribution in [1.82, 2.24) is 15.5 Å². The Morgan fingerprint density at radius 2 is 1.56 bits per heavy atom. The second kappa shape index (κ2) is 17.4. The van der Waals surface area contributed by atoms with Gasteiger partial charge in [0.2, 0.25) is 0 Å². The highest BCUT2D eigenvalue weighted by atomic mass is 16.7. The molecule has 0 aromatic heterocycles. The van der Waals surface area contributed by atoms with Crippen molar-refractivity contribution < 1.29 is 33.6 Å². The molecule has 3 N–H and O–H groups in total. The van der Waals surface area contributed by atoms with E-state index in [1.165, 1.54) is 7.11 Å². The second-order valence-electron chi connectivity index (χ2n) is 12.6. The summed E-state index contributed by atoms with van der Waals surface area (Å²) in [5.41, 5.74) is 6.64. The maximum Gasteiger partial charge on any atom is 0.328 e. The number of ether oxygens (including phenoxy) is 4. The van der Waals surface area contributed by atoms with E-state index in [1.807, 2.05) is 103 Å². The number of esters is 1. The van der Waals surface area contributed by atoms with Gasteiger partial charge in [0.1, 0.15) is 6.04 Å². The fraction of sp³-hybridized carbons (Fsp3) is 0.350. The van der Waals surface area contributed by atoms with Gasteiger partial charge in [-0.15, -0.1) is 0 Å². The van der Waals surface area contributed by atoms with Crippen LogP contribution in [0, 0.1) is 0 Å². The van der Waals surface area contributed by atoms with Crippen molar-refractivity contribution in [3.63, 3.8) is 0 Å². The van der Waals surface area contributed by atoms with Gasteiger partial charge in [-0.05, 0) is 33.4 Å². The van der Waals surface area contributed by atoms with Crippen LogP contribution in [0.4, 0.5) is 4.79 Å². The molecule has 0 spiro atoms. The molecule has 2 aliphatic heterocycles.